The normalized spacial score (nSPS) is 23.6. The van der Waals surface area contributed by atoms with Crippen LogP contribution in [-0.2, 0) is 24.5 Å². The molecule has 2 fully saturated rings. The van der Waals surface area contributed by atoms with Crippen LogP contribution in [0, 0.1) is 17.8 Å². The molecule has 3 aliphatic heterocycles. The molecule has 0 saturated carbocycles. The van der Waals surface area contributed by atoms with Crippen LogP contribution in [0.1, 0.15) is 90.2 Å². The van der Waals surface area contributed by atoms with Crippen LogP contribution in [0.15, 0.2) is 158 Å². The van der Waals surface area contributed by atoms with Crippen molar-refractivity contribution in [3.8, 4) is 17.6 Å². The number of anilines is 1. The summed E-state index contributed by atoms with van der Waals surface area (Å²) >= 11 is 0. The molecule has 9 rings (SSSR count). The molecule has 11 nitrogen and oxygen atoms in total. The van der Waals surface area contributed by atoms with Crippen LogP contribution < -0.4 is 20.3 Å². The number of aliphatic hydroxyl groups excluding tert-OH is 1. The van der Waals surface area contributed by atoms with Crippen LogP contribution in [0.5, 0.6) is 5.75 Å². The molecule has 66 heavy (non-hydrogen) atoms. The average molecular weight is 881 g/mol. The number of rotatable bonds is 11. The second-order valence-electron chi connectivity index (χ2n) is 17.1. The van der Waals surface area contributed by atoms with Crippen molar-refractivity contribution in [1.82, 2.24) is 15.5 Å². The van der Waals surface area contributed by atoms with Crippen molar-refractivity contribution in [2.24, 2.45) is 5.92 Å². The maximum absolute atomic E-state index is 16.6. The van der Waals surface area contributed by atoms with Crippen molar-refractivity contribution in [3.63, 3.8) is 0 Å². The number of hydrogen-bond acceptors (Lipinski definition) is 8. The van der Waals surface area contributed by atoms with Crippen LogP contribution >= 0.6 is 0 Å². The number of urea groups is 1. The molecule has 0 radical (unpaired) electrons. The lowest BCUT2D eigenvalue weighted by atomic mass is 9.65. The van der Waals surface area contributed by atoms with Crippen LogP contribution in [0.25, 0.3) is 0 Å². The number of morpholine rings is 1. The Morgan fingerprint density at radius 1 is 0.894 bits per heavy atom. The fourth-order valence-corrected chi connectivity index (χ4v) is 10.4. The highest BCUT2D eigenvalue weighted by atomic mass is 16.6. The van der Waals surface area contributed by atoms with Gasteiger partial charge in [0.25, 0.3) is 0 Å². The van der Waals surface area contributed by atoms with Crippen molar-refractivity contribution in [3.05, 3.63) is 191 Å². The second-order valence-corrected chi connectivity index (χ2v) is 17.1. The summed E-state index contributed by atoms with van der Waals surface area (Å²) in [6.45, 7) is 5.34. The van der Waals surface area contributed by atoms with Gasteiger partial charge >= 0.3 is 12.0 Å². The molecule has 1 spiro atoms. The highest BCUT2D eigenvalue weighted by Crippen LogP contribution is 2.66. The van der Waals surface area contributed by atoms with Crippen molar-refractivity contribution < 1.29 is 33.8 Å². The number of allylic oxidation sites excluding steroid dienone is 2. The zero-order valence-corrected chi connectivity index (χ0v) is 36.8. The minimum atomic E-state index is -2.00. The van der Waals surface area contributed by atoms with E-state index in [4.69, 9.17) is 9.47 Å². The van der Waals surface area contributed by atoms with Gasteiger partial charge in [0, 0.05) is 17.7 Å². The number of cyclic esters (lactones) is 1. The molecule has 0 unspecified atom stereocenters. The number of amides is 4. The van der Waals surface area contributed by atoms with Gasteiger partial charge in [-0.3, -0.25) is 19.3 Å². The number of ether oxygens (including phenoxy) is 2. The summed E-state index contributed by atoms with van der Waals surface area (Å²) in [5.74, 6) is 3.54. The van der Waals surface area contributed by atoms with E-state index in [1.54, 1.807) is 24.3 Å². The fourth-order valence-electron chi connectivity index (χ4n) is 10.4. The summed E-state index contributed by atoms with van der Waals surface area (Å²) in [6.07, 6.45) is 6.72. The third-order valence-electron chi connectivity index (χ3n) is 13.2. The number of para-hydroxylation sites is 1. The number of nitrogens with zero attached hydrogens (tertiary/aromatic N) is 2. The largest absolute Gasteiger partial charge is 0.491 e. The number of nitrogens with one attached hydrogen (secondary N) is 2. The smallest absolute Gasteiger partial charge is 0.329 e. The maximum Gasteiger partial charge on any atom is 0.329 e. The van der Waals surface area contributed by atoms with Gasteiger partial charge in [0.1, 0.15) is 29.9 Å². The summed E-state index contributed by atoms with van der Waals surface area (Å²) in [6, 6.07) is 36.4. The number of esters is 1. The van der Waals surface area contributed by atoms with Crippen LogP contribution in [-0.4, -0.2) is 59.6 Å². The summed E-state index contributed by atoms with van der Waals surface area (Å²) in [4.78, 5) is 65.5. The summed E-state index contributed by atoms with van der Waals surface area (Å²) in [7, 11) is 0. The third kappa shape index (κ3) is 7.86. The van der Waals surface area contributed by atoms with Crippen molar-refractivity contribution in [2.45, 2.75) is 68.3 Å². The number of aliphatic hydroxyl groups is 1. The predicted molar refractivity (Wildman–Crippen MR) is 251 cm³/mol. The number of benzene rings is 5. The van der Waals surface area contributed by atoms with E-state index in [9.17, 15) is 5.11 Å². The molecule has 3 heterocycles. The van der Waals surface area contributed by atoms with Crippen molar-refractivity contribution in [1.29, 1.82) is 0 Å². The molecule has 3 N–H and O–H groups in total. The minimum absolute atomic E-state index is 0.0310. The molecule has 4 aliphatic rings. The molecule has 4 amide bonds. The van der Waals surface area contributed by atoms with Crippen molar-refractivity contribution >= 4 is 29.5 Å². The van der Waals surface area contributed by atoms with Crippen LogP contribution in [0.3, 0.4) is 0 Å². The molecular weight excluding hydrogens is 829 g/mol. The van der Waals surface area contributed by atoms with Gasteiger partial charge in [-0.05, 0) is 84.7 Å². The van der Waals surface area contributed by atoms with E-state index >= 15 is 19.2 Å². The number of carbonyl (C=O) groups excluding carboxylic acids is 4. The van der Waals surface area contributed by atoms with E-state index in [0.29, 0.717) is 28.0 Å². The van der Waals surface area contributed by atoms with Gasteiger partial charge in [0.15, 0.2) is 0 Å². The van der Waals surface area contributed by atoms with Crippen LogP contribution in [0.4, 0.5) is 10.5 Å². The van der Waals surface area contributed by atoms with E-state index in [0.717, 1.165) is 47.3 Å². The standard InChI is InChI=1S/C55H52N4O7/c1-3-32-56-51(61)46-48-52(62)66-49(41-24-14-7-15-25-41)47(40-22-12-6-13-23-40)59(48)50(42-26-16-17-27-45(42)65-34-33-60)55(46)43-35-38(29-28-37-18-8-4-9-19-37)30-31-44(43)58(53(55)63)54(64)57-36(2)39-20-10-5-11-21-39/h3,5-7,10-18,20-27,30-31,35-36,46-50,60H,1,4,8-9,19,32-34H2,2H3,(H,56,61)(H,57,64)/t36-,46+,47+,48+,49-,50-,55+/m1/s1. The second kappa shape index (κ2) is 19.1. The highest BCUT2D eigenvalue weighted by molar-refractivity contribution is 6.24. The zero-order valence-electron chi connectivity index (χ0n) is 36.8. The Labute approximate surface area is 385 Å². The summed E-state index contributed by atoms with van der Waals surface area (Å²) < 4.78 is 12.9. The van der Waals surface area contributed by atoms with Gasteiger partial charge in [-0.25, -0.2) is 9.69 Å². The first-order valence-electron chi connectivity index (χ1n) is 22.6. The first kappa shape index (κ1) is 44.0. The Kier molecular flexibility index (Phi) is 12.7. The lowest BCUT2D eigenvalue weighted by Gasteiger charge is -2.46. The Bertz CT molecular complexity index is 2730. The first-order valence-corrected chi connectivity index (χ1v) is 22.6. The van der Waals surface area contributed by atoms with E-state index in [-0.39, 0.29) is 25.4 Å². The van der Waals surface area contributed by atoms with E-state index in [2.05, 4.69) is 35.1 Å². The minimum Gasteiger partial charge on any atom is -0.491 e. The van der Waals surface area contributed by atoms with Crippen LogP contribution in [0.2, 0.25) is 0 Å². The Balaban J connectivity index is 1.35. The van der Waals surface area contributed by atoms with Crippen molar-refractivity contribution in [2.75, 3.05) is 24.7 Å². The van der Waals surface area contributed by atoms with E-state index < -0.39 is 65.4 Å². The Morgan fingerprint density at radius 3 is 2.29 bits per heavy atom. The molecule has 2 saturated heterocycles. The molecule has 5 aromatic rings. The van der Waals surface area contributed by atoms with Gasteiger partial charge < -0.3 is 25.2 Å². The monoisotopic (exact) mass is 880 g/mol. The fraction of sp³-hybridized carbons (Fsp3) is 0.273. The van der Waals surface area contributed by atoms with Gasteiger partial charge in [-0.2, -0.15) is 0 Å². The molecule has 11 heteroatoms. The molecule has 334 valence electrons. The number of fused-ring (bicyclic) bond motifs is 3. The molecular formula is C55H52N4O7. The summed E-state index contributed by atoms with van der Waals surface area (Å²) in [5.41, 5.74) is 2.96. The Hall–Kier alpha value is -7.26. The Morgan fingerprint density at radius 2 is 1.59 bits per heavy atom. The highest BCUT2D eigenvalue weighted by Gasteiger charge is 2.76. The zero-order chi connectivity index (χ0) is 45.8. The molecule has 1 aliphatic carbocycles. The first-order chi connectivity index (χ1) is 32.3. The van der Waals surface area contributed by atoms with Gasteiger partial charge in [0.2, 0.25) is 11.8 Å². The number of imide groups is 1. The predicted octanol–water partition coefficient (Wildman–Crippen LogP) is 8.35. The van der Waals surface area contributed by atoms with Gasteiger partial charge in [0.05, 0.1) is 36.3 Å². The molecule has 7 atom stereocenters. The molecule has 0 bridgehead atoms. The summed E-state index contributed by atoms with van der Waals surface area (Å²) in [5, 5.41) is 16.1. The SMILES string of the molecule is C=CCNC(=O)[C@@H]1[C@H]2C(=O)O[C@H](c3ccccc3)[C@H](c3ccccc3)N2[C@H](c2ccccc2OCCO)[C@@]12C(=O)N(C(=O)N[C@H](C)c1ccccc1)c1ccc(C#CC3=CCCCC3)cc12. The quantitative estimate of drug-likeness (QED) is 0.0685. The van der Waals surface area contributed by atoms with E-state index in [1.807, 2.05) is 121 Å². The molecule has 0 aromatic heterocycles. The lowest BCUT2D eigenvalue weighted by Crippen LogP contribution is -2.56. The van der Waals surface area contributed by atoms with Gasteiger partial charge in [-0.15, -0.1) is 6.58 Å². The maximum atomic E-state index is 16.6. The topological polar surface area (TPSA) is 138 Å². The lowest BCUT2D eigenvalue weighted by molar-refractivity contribution is -0.178. The number of hydrogen-bond donors (Lipinski definition) is 3. The number of carbonyl (C=O) groups is 4. The van der Waals surface area contributed by atoms with Gasteiger partial charge in [-0.1, -0.05) is 133 Å². The average Bonchev–Trinajstić information content (AvgIpc) is 3.81. The van der Waals surface area contributed by atoms with E-state index in [1.165, 1.54) is 6.08 Å². The molecule has 5 aromatic carbocycles. The third-order valence-corrected chi connectivity index (χ3v) is 13.2.